The van der Waals surface area contributed by atoms with Gasteiger partial charge in [0.05, 0.1) is 23.4 Å². The molecule has 0 bridgehead atoms. The number of benzene rings is 4. The third-order valence-corrected chi connectivity index (χ3v) is 8.64. The lowest BCUT2D eigenvalue weighted by Crippen LogP contribution is -2.29. The number of halogens is 1. The van der Waals surface area contributed by atoms with Crippen LogP contribution in [0, 0.1) is 5.82 Å². The van der Waals surface area contributed by atoms with Gasteiger partial charge in [-0.25, -0.2) is 9.29 Å². The van der Waals surface area contributed by atoms with Crippen molar-refractivity contribution in [1.82, 2.24) is 10.2 Å². The van der Waals surface area contributed by atoms with E-state index in [1.54, 1.807) is 36.4 Å². The van der Waals surface area contributed by atoms with Gasteiger partial charge in [0.1, 0.15) is 11.4 Å². The van der Waals surface area contributed by atoms with Crippen LogP contribution in [0.15, 0.2) is 91.0 Å². The van der Waals surface area contributed by atoms with Crippen molar-refractivity contribution in [2.45, 2.75) is 44.4 Å². The molecule has 0 saturated carbocycles. The van der Waals surface area contributed by atoms with Gasteiger partial charge in [-0.2, -0.15) is 0 Å². The molecule has 0 aromatic heterocycles. The molecule has 2 aliphatic rings. The molecule has 0 unspecified atom stereocenters. The Bertz CT molecular complexity index is 1700. The van der Waals surface area contributed by atoms with E-state index in [0.717, 1.165) is 47.2 Å². The summed E-state index contributed by atoms with van der Waals surface area (Å²) in [7, 11) is 4.09. The SMILES string of the molecule is CN(C)CCC[C@@]1(c2ccc(F)cc2)OCc2cc(CNC(=O)CCc3ccc(N4C(=O)c5ccccc5C4=O)cc3)ccc21. The van der Waals surface area contributed by atoms with E-state index >= 15 is 0 Å². The van der Waals surface area contributed by atoms with Gasteiger partial charge in [-0.3, -0.25) is 14.4 Å². The third-order valence-electron chi connectivity index (χ3n) is 8.64. The van der Waals surface area contributed by atoms with Crippen LogP contribution < -0.4 is 10.2 Å². The van der Waals surface area contributed by atoms with Gasteiger partial charge < -0.3 is 15.0 Å². The van der Waals surface area contributed by atoms with Crippen molar-refractivity contribution in [2.75, 3.05) is 25.5 Å². The summed E-state index contributed by atoms with van der Waals surface area (Å²) in [6.45, 7) is 1.77. The van der Waals surface area contributed by atoms with E-state index in [2.05, 4.69) is 22.3 Å². The number of amides is 3. The lowest BCUT2D eigenvalue weighted by molar-refractivity contribution is -0.121. The topological polar surface area (TPSA) is 79.0 Å². The van der Waals surface area contributed by atoms with Gasteiger partial charge in [0.25, 0.3) is 11.8 Å². The zero-order valence-corrected chi connectivity index (χ0v) is 25.5. The maximum absolute atomic E-state index is 13.7. The summed E-state index contributed by atoms with van der Waals surface area (Å²) in [6, 6.07) is 26.8. The third kappa shape index (κ3) is 6.16. The second-order valence-corrected chi connectivity index (χ2v) is 12.0. The monoisotopic (exact) mass is 605 g/mol. The quantitative estimate of drug-likeness (QED) is 0.213. The minimum Gasteiger partial charge on any atom is -0.361 e. The van der Waals surface area contributed by atoms with Gasteiger partial charge in [0, 0.05) is 13.0 Å². The van der Waals surface area contributed by atoms with E-state index in [-0.39, 0.29) is 23.5 Å². The highest BCUT2D eigenvalue weighted by atomic mass is 19.1. The summed E-state index contributed by atoms with van der Waals surface area (Å²) in [6.07, 6.45) is 2.53. The standard InChI is InChI=1S/C37H36FN3O4/c1-40(2)21-5-20-37(28-12-14-29(38)15-13-28)33-18-10-26(22-27(33)24-45-37)23-39-34(42)19-11-25-8-16-30(17-9-25)41-35(43)31-6-3-4-7-32(31)36(41)44/h3-4,6-10,12-18,22H,5,11,19-21,23-24H2,1-2H3,(H,39,42)/t37-/m0/s1. The van der Waals surface area contributed by atoms with Crippen LogP contribution >= 0.6 is 0 Å². The van der Waals surface area contributed by atoms with Crippen LogP contribution in [-0.4, -0.2) is 43.3 Å². The van der Waals surface area contributed by atoms with Crippen LogP contribution in [0.4, 0.5) is 10.1 Å². The molecule has 4 aromatic rings. The van der Waals surface area contributed by atoms with E-state index in [9.17, 15) is 18.8 Å². The van der Waals surface area contributed by atoms with Crippen LogP contribution in [0.5, 0.6) is 0 Å². The van der Waals surface area contributed by atoms with Crippen molar-refractivity contribution >= 4 is 23.4 Å². The molecule has 2 aliphatic heterocycles. The van der Waals surface area contributed by atoms with Crippen LogP contribution in [0.1, 0.15) is 67.8 Å². The summed E-state index contributed by atoms with van der Waals surface area (Å²) >= 11 is 0. The van der Waals surface area contributed by atoms with E-state index in [1.165, 1.54) is 17.0 Å². The summed E-state index contributed by atoms with van der Waals surface area (Å²) in [5.74, 6) is -0.997. The van der Waals surface area contributed by atoms with Gasteiger partial charge in [-0.1, -0.05) is 54.6 Å². The first-order valence-corrected chi connectivity index (χ1v) is 15.3. The van der Waals surface area contributed by atoms with Gasteiger partial charge in [-0.15, -0.1) is 0 Å². The fourth-order valence-corrected chi connectivity index (χ4v) is 6.28. The molecule has 6 rings (SSSR count). The van der Waals surface area contributed by atoms with Crippen molar-refractivity contribution < 1.29 is 23.5 Å². The van der Waals surface area contributed by atoms with Crippen LogP contribution in [-0.2, 0) is 34.7 Å². The Hall–Kier alpha value is -4.66. The molecule has 230 valence electrons. The van der Waals surface area contributed by atoms with Gasteiger partial charge in [-0.05, 0) is 104 Å². The Labute approximate surface area is 262 Å². The molecular formula is C37H36FN3O4. The molecule has 1 N–H and O–H groups in total. The van der Waals surface area contributed by atoms with E-state index in [1.807, 2.05) is 44.4 Å². The summed E-state index contributed by atoms with van der Waals surface area (Å²) < 4.78 is 20.2. The van der Waals surface area contributed by atoms with Crippen molar-refractivity contribution in [1.29, 1.82) is 0 Å². The zero-order valence-electron chi connectivity index (χ0n) is 25.5. The largest absolute Gasteiger partial charge is 0.361 e. The first-order valence-electron chi connectivity index (χ1n) is 15.3. The van der Waals surface area contributed by atoms with Crippen LogP contribution in [0.25, 0.3) is 0 Å². The highest BCUT2D eigenvalue weighted by Gasteiger charge is 2.41. The number of hydrogen-bond acceptors (Lipinski definition) is 5. The van der Waals surface area contributed by atoms with Crippen molar-refractivity contribution in [3.63, 3.8) is 0 Å². The number of nitrogens with one attached hydrogen (secondary N) is 1. The van der Waals surface area contributed by atoms with Gasteiger partial charge in [0.2, 0.25) is 5.91 Å². The molecule has 0 aliphatic carbocycles. The average Bonchev–Trinajstić information content (AvgIpc) is 3.54. The molecule has 0 fully saturated rings. The minimum atomic E-state index is -0.629. The first-order chi connectivity index (χ1) is 21.7. The lowest BCUT2D eigenvalue weighted by Gasteiger charge is -2.31. The van der Waals surface area contributed by atoms with Crippen molar-refractivity contribution in [2.24, 2.45) is 0 Å². The highest BCUT2D eigenvalue weighted by Crippen LogP contribution is 2.45. The fourth-order valence-electron chi connectivity index (χ4n) is 6.28. The second kappa shape index (κ2) is 12.8. The number of hydrogen-bond donors (Lipinski definition) is 1. The first kappa shape index (κ1) is 30.4. The lowest BCUT2D eigenvalue weighted by atomic mass is 9.81. The predicted octanol–water partition coefficient (Wildman–Crippen LogP) is 5.99. The molecule has 0 saturated heterocycles. The number of ether oxygens (including phenoxy) is 1. The zero-order chi connectivity index (χ0) is 31.6. The number of nitrogens with zero attached hydrogens (tertiary/aromatic N) is 2. The molecule has 4 aromatic carbocycles. The fraction of sp³-hybridized carbons (Fsp3) is 0.270. The Balaban J connectivity index is 1.05. The summed E-state index contributed by atoms with van der Waals surface area (Å²) in [4.78, 5) is 41.6. The maximum atomic E-state index is 13.7. The van der Waals surface area contributed by atoms with Gasteiger partial charge >= 0.3 is 0 Å². The molecule has 2 heterocycles. The molecule has 45 heavy (non-hydrogen) atoms. The van der Waals surface area contributed by atoms with E-state index in [4.69, 9.17) is 4.74 Å². The normalized spacial score (nSPS) is 17.1. The Morgan fingerprint density at radius 2 is 1.58 bits per heavy atom. The van der Waals surface area contributed by atoms with E-state index in [0.29, 0.717) is 42.8 Å². The molecule has 0 radical (unpaired) electrons. The molecular weight excluding hydrogens is 569 g/mol. The highest BCUT2D eigenvalue weighted by molar-refractivity contribution is 6.34. The maximum Gasteiger partial charge on any atom is 0.266 e. The summed E-state index contributed by atoms with van der Waals surface area (Å²) in [5, 5.41) is 3.02. The molecule has 7 nitrogen and oxygen atoms in total. The number of rotatable bonds is 11. The Kier molecular flexibility index (Phi) is 8.61. The Morgan fingerprint density at radius 1 is 0.911 bits per heavy atom. The number of anilines is 1. The molecule has 8 heteroatoms. The smallest absolute Gasteiger partial charge is 0.266 e. The van der Waals surface area contributed by atoms with E-state index < -0.39 is 5.60 Å². The molecule has 1 atom stereocenters. The molecule has 0 spiro atoms. The van der Waals surface area contributed by atoms with Crippen molar-refractivity contribution in [3.8, 4) is 0 Å². The van der Waals surface area contributed by atoms with Gasteiger partial charge in [0.15, 0.2) is 0 Å². The number of carbonyl (C=O) groups is 3. The number of imide groups is 1. The average molecular weight is 606 g/mol. The minimum absolute atomic E-state index is 0.0690. The second-order valence-electron chi connectivity index (χ2n) is 12.0. The van der Waals surface area contributed by atoms with Crippen LogP contribution in [0.3, 0.4) is 0 Å². The number of aryl methyl sites for hydroxylation is 1. The van der Waals surface area contributed by atoms with Crippen LogP contribution in [0.2, 0.25) is 0 Å². The number of carbonyl (C=O) groups excluding carboxylic acids is 3. The number of fused-ring (bicyclic) bond motifs is 2. The van der Waals surface area contributed by atoms with Crippen molar-refractivity contribution in [3.05, 3.63) is 136 Å². The Morgan fingerprint density at radius 3 is 2.24 bits per heavy atom. The summed E-state index contributed by atoms with van der Waals surface area (Å²) in [5.41, 5.74) is 5.73. The predicted molar refractivity (Wildman–Crippen MR) is 170 cm³/mol. The molecule has 3 amide bonds.